The van der Waals surface area contributed by atoms with Crippen molar-refractivity contribution in [1.29, 1.82) is 0 Å². The van der Waals surface area contributed by atoms with Gasteiger partial charge in [-0.15, -0.1) is 0 Å². The number of rotatable bonds is 8. The number of carbonyl (C=O) groups excluding carboxylic acids is 2. The van der Waals surface area contributed by atoms with Crippen LogP contribution >= 0.6 is 0 Å². The van der Waals surface area contributed by atoms with E-state index in [4.69, 9.17) is 9.47 Å². The summed E-state index contributed by atoms with van der Waals surface area (Å²) in [5, 5.41) is 29.9. The summed E-state index contributed by atoms with van der Waals surface area (Å²) in [5.41, 5.74) is 0.569. The lowest BCUT2D eigenvalue weighted by Crippen LogP contribution is -2.08. The van der Waals surface area contributed by atoms with Gasteiger partial charge in [0.1, 0.15) is 11.5 Å². The SMILES string of the molecule is O=C(Oc1ccc(N=Nc2ccc(OC(=O)c3cccc([N+](=O)[O-])c3)cc2)cc1)c1cccc([N+](=O)[O-])c1. The van der Waals surface area contributed by atoms with Crippen LogP contribution in [0.1, 0.15) is 20.7 Å². The largest absolute Gasteiger partial charge is 0.423 e. The third-order valence-corrected chi connectivity index (χ3v) is 4.96. The van der Waals surface area contributed by atoms with E-state index in [1.165, 1.54) is 60.7 Å². The lowest BCUT2D eigenvalue weighted by Gasteiger charge is -2.05. The van der Waals surface area contributed by atoms with Crippen molar-refractivity contribution in [3.63, 3.8) is 0 Å². The summed E-state index contributed by atoms with van der Waals surface area (Å²) in [7, 11) is 0. The van der Waals surface area contributed by atoms with Crippen LogP contribution in [0.15, 0.2) is 107 Å². The van der Waals surface area contributed by atoms with Gasteiger partial charge in [-0.2, -0.15) is 10.2 Å². The van der Waals surface area contributed by atoms with Gasteiger partial charge in [0.25, 0.3) is 11.4 Å². The Bertz CT molecular complexity index is 1430. The molecule has 0 fully saturated rings. The highest BCUT2D eigenvalue weighted by Crippen LogP contribution is 2.24. The molecule has 0 spiro atoms. The lowest BCUT2D eigenvalue weighted by atomic mass is 10.2. The molecule has 0 atom stereocenters. The maximum atomic E-state index is 12.3. The molecule has 0 saturated carbocycles. The molecule has 4 aromatic carbocycles. The van der Waals surface area contributed by atoms with Gasteiger partial charge in [-0.05, 0) is 60.7 Å². The van der Waals surface area contributed by atoms with Gasteiger partial charge in [0.2, 0.25) is 0 Å². The number of carbonyl (C=O) groups is 2. The molecular formula is C26H16N4O8. The summed E-state index contributed by atoms with van der Waals surface area (Å²) >= 11 is 0. The van der Waals surface area contributed by atoms with E-state index in [9.17, 15) is 29.8 Å². The van der Waals surface area contributed by atoms with E-state index in [2.05, 4.69) is 10.2 Å². The fourth-order valence-electron chi connectivity index (χ4n) is 3.10. The van der Waals surface area contributed by atoms with Crippen LogP contribution in [0.5, 0.6) is 11.5 Å². The summed E-state index contributed by atoms with van der Waals surface area (Å²) < 4.78 is 10.5. The highest BCUT2D eigenvalue weighted by Gasteiger charge is 2.14. The zero-order valence-electron chi connectivity index (χ0n) is 19.3. The van der Waals surface area contributed by atoms with Crippen LogP contribution < -0.4 is 9.47 Å². The molecule has 0 saturated heterocycles. The second-order valence-electron chi connectivity index (χ2n) is 7.58. The van der Waals surface area contributed by atoms with Crippen molar-refractivity contribution in [2.45, 2.75) is 0 Å². The summed E-state index contributed by atoms with van der Waals surface area (Å²) in [6.07, 6.45) is 0. The fraction of sp³-hybridized carbons (Fsp3) is 0. The molecule has 0 aliphatic heterocycles. The molecule has 0 unspecified atom stereocenters. The molecule has 0 bridgehead atoms. The van der Waals surface area contributed by atoms with E-state index in [-0.39, 0.29) is 34.0 Å². The van der Waals surface area contributed by atoms with Crippen molar-refractivity contribution in [2.75, 3.05) is 0 Å². The topological polar surface area (TPSA) is 164 Å². The van der Waals surface area contributed by atoms with Gasteiger partial charge < -0.3 is 9.47 Å². The van der Waals surface area contributed by atoms with Crippen LogP contribution in [0.4, 0.5) is 22.7 Å². The van der Waals surface area contributed by atoms with E-state index in [0.29, 0.717) is 11.4 Å². The zero-order valence-corrected chi connectivity index (χ0v) is 19.3. The second-order valence-corrected chi connectivity index (χ2v) is 7.58. The van der Waals surface area contributed by atoms with Crippen molar-refractivity contribution >= 4 is 34.7 Å². The monoisotopic (exact) mass is 512 g/mol. The average molecular weight is 512 g/mol. The molecule has 12 nitrogen and oxygen atoms in total. The van der Waals surface area contributed by atoms with Crippen molar-refractivity contribution < 1.29 is 28.9 Å². The minimum Gasteiger partial charge on any atom is -0.423 e. The molecule has 4 rings (SSSR count). The lowest BCUT2D eigenvalue weighted by molar-refractivity contribution is -0.385. The predicted octanol–water partition coefficient (Wildman–Crippen LogP) is 6.36. The fourth-order valence-corrected chi connectivity index (χ4v) is 3.10. The molecule has 4 aromatic rings. The van der Waals surface area contributed by atoms with Gasteiger partial charge in [-0.25, -0.2) is 9.59 Å². The smallest absolute Gasteiger partial charge is 0.343 e. The standard InChI is InChI=1S/C26H16N4O8/c31-25(17-3-1-5-21(15-17)29(33)34)37-23-11-7-19(8-12-23)27-28-20-9-13-24(14-10-20)38-26(32)18-4-2-6-22(16-18)30(35)36/h1-16H. The summed E-state index contributed by atoms with van der Waals surface area (Å²) in [6, 6.07) is 22.7. The Morgan fingerprint density at radius 2 is 0.947 bits per heavy atom. The van der Waals surface area contributed by atoms with Crippen LogP contribution in [-0.4, -0.2) is 21.8 Å². The number of nitrogens with zero attached hydrogens (tertiary/aromatic N) is 4. The van der Waals surface area contributed by atoms with E-state index in [1.54, 1.807) is 24.3 Å². The number of hydrogen-bond acceptors (Lipinski definition) is 10. The van der Waals surface area contributed by atoms with Crippen LogP contribution in [0, 0.1) is 20.2 Å². The number of nitro benzene ring substituents is 2. The molecule has 0 amide bonds. The first kappa shape index (κ1) is 25.3. The molecule has 0 radical (unpaired) electrons. The molecule has 12 heteroatoms. The number of azo groups is 1. The molecule has 38 heavy (non-hydrogen) atoms. The van der Waals surface area contributed by atoms with Gasteiger partial charge in [-0.1, -0.05) is 12.1 Å². The quantitative estimate of drug-likeness (QED) is 0.0865. The molecule has 0 aromatic heterocycles. The van der Waals surface area contributed by atoms with Crippen LogP contribution in [0.3, 0.4) is 0 Å². The minimum atomic E-state index is -0.741. The number of hydrogen-bond donors (Lipinski definition) is 0. The number of ether oxygens (including phenoxy) is 2. The third-order valence-electron chi connectivity index (χ3n) is 4.96. The Morgan fingerprint density at radius 3 is 1.29 bits per heavy atom. The van der Waals surface area contributed by atoms with E-state index in [0.717, 1.165) is 12.1 Å². The Hall–Kier alpha value is -5.78. The molecule has 188 valence electrons. The Morgan fingerprint density at radius 1 is 0.579 bits per heavy atom. The van der Waals surface area contributed by atoms with Crippen LogP contribution in [0.25, 0.3) is 0 Å². The van der Waals surface area contributed by atoms with E-state index in [1.807, 2.05) is 0 Å². The zero-order chi connectivity index (χ0) is 27.1. The number of non-ortho nitro benzene ring substituents is 2. The second kappa shape index (κ2) is 11.3. The van der Waals surface area contributed by atoms with Gasteiger partial charge in [0.05, 0.1) is 32.3 Å². The highest BCUT2D eigenvalue weighted by atomic mass is 16.6. The average Bonchev–Trinajstić information content (AvgIpc) is 2.93. The van der Waals surface area contributed by atoms with Crippen LogP contribution in [-0.2, 0) is 0 Å². The Kier molecular flexibility index (Phi) is 7.53. The van der Waals surface area contributed by atoms with Gasteiger partial charge in [-0.3, -0.25) is 20.2 Å². The number of nitro groups is 2. The van der Waals surface area contributed by atoms with Crippen molar-refractivity contribution in [3.8, 4) is 11.5 Å². The number of benzene rings is 4. The van der Waals surface area contributed by atoms with E-state index < -0.39 is 21.8 Å². The normalized spacial score (nSPS) is 10.6. The first-order valence-corrected chi connectivity index (χ1v) is 10.8. The summed E-state index contributed by atoms with van der Waals surface area (Å²) in [4.78, 5) is 45.1. The van der Waals surface area contributed by atoms with Crippen LogP contribution in [0.2, 0.25) is 0 Å². The first-order valence-electron chi connectivity index (χ1n) is 10.8. The summed E-state index contributed by atoms with van der Waals surface area (Å²) in [6.45, 7) is 0. The predicted molar refractivity (Wildman–Crippen MR) is 133 cm³/mol. The third kappa shape index (κ3) is 6.46. The molecule has 0 heterocycles. The van der Waals surface area contributed by atoms with Crippen molar-refractivity contribution in [1.82, 2.24) is 0 Å². The Balaban J connectivity index is 1.34. The molecule has 0 aliphatic carbocycles. The first-order chi connectivity index (χ1) is 18.3. The van der Waals surface area contributed by atoms with Gasteiger partial charge in [0, 0.05) is 24.3 Å². The maximum absolute atomic E-state index is 12.3. The van der Waals surface area contributed by atoms with Gasteiger partial charge >= 0.3 is 11.9 Å². The molecule has 0 N–H and O–H groups in total. The number of esters is 2. The summed E-state index contributed by atoms with van der Waals surface area (Å²) in [5.74, 6) is -1.05. The molecular weight excluding hydrogens is 496 g/mol. The van der Waals surface area contributed by atoms with Crippen molar-refractivity contribution in [2.24, 2.45) is 10.2 Å². The Labute approximate surface area is 214 Å². The highest BCUT2D eigenvalue weighted by molar-refractivity contribution is 5.92. The van der Waals surface area contributed by atoms with Crippen molar-refractivity contribution in [3.05, 3.63) is 128 Å². The molecule has 0 aliphatic rings. The van der Waals surface area contributed by atoms with Gasteiger partial charge in [0.15, 0.2) is 0 Å². The van der Waals surface area contributed by atoms with E-state index >= 15 is 0 Å². The minimum absolute atomic E-state index is 0.0437. The maximum Gasteiger partial charge on any atom is 0.343 e.